The largest absolute Gasteiger partial charge is 0.457 e. The van der Waals surface area contributed by atoms with E-state index in [0.29, 0.717) is 15.7 Å². The van der Waals surface area contributed by atoms with Crippen molar-refractivity contribution in [2.24, 2.45) is 0 Å². The molecule has 1 heterocycles. The van der Waals surface area contributed by atoms with Crippen molar-refractivity contribution in [3.8, 4) is 0 Å². The summed E-state index contributed by atoms with van der Waals surface area (Å²) in [5, 5.41) is 3.25. The van der Waals surface area contributed by atoms with Crippen LogP contribution in [0.4, 0.5) is 5.69 Å². The van der Waals surface area contributed by atoms with Gasteiger partial charge in [-0.2, -0.15) is 0 Å². The second-order valence-electron chi connectivity index (χ2n) is 4.98. The summed E-state index contributed by atoms with van der Waals surface area (Å²) >= 11 is 11.7. The lowest BCUT2D eigenvalue weighted by Crippen LogP contribution is -2.37. The maximum Gasteiger partial charge on any atom is 0.374 e. The van der Waals surface area contributed by atoms with Crippen LogP contribution in [-0.2, 0) is 14.3 Å². The number of nitrogens with one attached hydrogen (secondary N) is 1. The molecule has 0 atom stereocenters. The number of carbonyl (C=O) groups is 3. The van der Waals surface area contributed by atoms with E-state index in [4.69, 9.17) is 32.4 Å². The number of rotatable bonds is 6. The van der Waals surface area contributed by atoms with Crippen LogP contribution in [0.25, 0.3) is 0 Å². The highest BCUT2D eigenvalue weighted by Gasteiger charge is 2.17. The van der Waals surface area contributed by atoms with Crippen molar-refractivity contribution in [2.45, 2.75) is 0 Å². The number of halogens is 2. The van der Waals surface area contributed by atoms with Gasteiger partial charge < -0.3 is 19.4 Å². The molecule has 0 aliphatic carbocycles. The molecule has 132 valence electrons. The van der Waals surface area contributed by atoms with Gasteiger partial charge in [0, 0.05) is 12.7 Å². The van der Waals surface area contributed by atoms with Crippen LogP contribution in [0.3, 0.4) is 0 Å². The Labute approximate surface area is 153 Å². The zero-order valence-corrected chi connectivity index (χ0v) is 14.6. The summed E-state index contributed by atoms with van der Waals surface area (Å²) < 4.78 is 9.66. The van der Waals surface area contributed by atoms with Gasteiger partial charge in [-0.15, -0.1) is 0 Å². The van der Waals surface area contributed by atoms with Crippen LogP contribution in [0, 0.1) is 0 Å². The van der Waals surface area contributed by atoms with Crippen LogP contribution < -0.4 is 5.32 Å². The van der Waals surface area contributed by atoms with Gasteiger partial charge in [-0.3, -0.25) is 9.59 Å². The predicted octanol–water partition coefficient (Wildman–Crippen LogP) is 2.84. The number of nitrogens with zero attached hydrogens (tertiary/aromatic N) is 1. The number of carbonyl (C=O) groups excluding carboxylic acids is 3. The monoisotopic (exact) mass is 384 g/mol. The van der Waals surface area contributed by atoms with Crippen LogP contribution in [0.2, 0.25) is 10.0 Å². The standard InChI is InChI=1S/C16H14Cl2N2O5/c1-20(15(22)9-25-16(23)13-3-2-6-24-13)8-14(21)19-10-4-5-11(17)12(18)7-10/h2-7H,8-9H2,1H3,(H,19,21). The topological polar surface area (TPSA) is 88.9 Å². The molecule has 25 heavy (non-hydrogen) atoms. The summed E-state index contributed by atoms with van der Waals surface area (Å²) in [6.45, 7) is -0.729. The van der Waals surface area contributed by atoms with E-state index in [9.17, 15) is 14.4 Å². The molecule has 1 N–H and O–H groups in total. The summed E-state index contributed by atoms with van der Waals surface area (Å²) in [6, 6.07) is 7.56. The number of hydrogen-bond donors (Lipinski definition) is 1. The molecule has 0 aliphatic rings. The minimum atomic E-state index is -0.757. The fourth-order valence-corrected chi connectivity index (χ4v) is 2.08. The zero-order chi connectivity index (χ0) is 18.4. The molecule has 0 unspecified atom stereocenters. The van der Waals surface area contributed by atoms with Crippen molar-refractivity contribution in [3.63, 3.8) is 0 Å². The Hall–Kier alpha value is -2.51. The van der Waals surface area contributed by atoms with Crippen LogP contribution in [0.5, 0.6) is 0 Å². The van der Waals surface area contributed by atoms with Gasteiger partial charge in [0.2, 0.25) is 11.7 Å². The molecule has 0 saturated carbocycles. The van der Waals surface area contributed by atoms with Crippen molar-refractivity contribution in [1.82, 2.24) is 4.90 Å². The summed E-state index contributed by atoms with van der Waals surface area (Å²) in [7, 11) is 1.41. The molecule has 2 rings (SSSR count). The maximum absolute atomic E-state index is 11.9. The molecule has 0 aliphatic heterocycles. The van der Waals surface area contributed by atoms with Crippen LogP contribution in [-0.4, -0.2) is 42.9 Å². The summed E-state index contributed by atoms with van der Waals surface area (Å²) in [6.07, 6.45) is 1.32. The third kappa shape index (κ3) is 5.51. The summed E-state index contributed by atoms with van der Waals surface area (Å²) in [5.74, 6) is -1.74. The molecule has 0 bridgehead atoms. The molecule has 7 nitrogen and oxygen atoms in total. The van der Waals surface area contributed by atoms with Gasteiger partial charge in [-0.05, 0) is 30.3 Å². The first-order valence-corrected chi connectivity index (χ1v) is 7.82. The molecular formula is C16H14Cl2N2O5. The fourth-order valence-electron chi connectivity index (χ4n) is 1.78. The second kappa shape index (κ2) is 8.55. The Bertz CT molecular complexity index is 777. The van der Waals surface area contributed by atoms with E-state index in [2.05, 4.69) is 5.32 Å². The molecule has 2 aromatic rings. The number of furan rings is 1. The third-order valence-electron chi connectivity index (χ3n) is 3.06. The molecule has 1 aromatic carbocycles. The van der Waals surface area contributed by atoms with Crippen LogP contribution in [0.1, 0.15) is 10.6 Å². The highest BCUT2D eigenvalue weighted by molar-refractivity contribution is 6.42. The minimum Gasteiger partial charge on any atom is -0.457 e. The Morgan fingerprint density at radius 1 is 1.20 bits per heavy atom. The van der Waals surface area contributed by atoms with Crippen molar-refractivity contribution >= 4 is 46.7 Å². The van der Waals surface area contributed by atoms with E-state index in [1.807, 2.05) is 0 Å². The van der Waals surface area contributed by atoms with Gasteiger partial charge in [0.15, 0.2) is 6.61 Å². The number of hydrogen-bond acceptors (Lipinski definition) is 5. The Morgan fingerprint density at radius 2 is 1.96 bits per heavy atom. The quantitative estimate of drug-likeness (QED) is 0.773. The molecule has 0 radical (unpaired) electrons. The average molecular weight is 385 g/mol. The van der Waals surface area contributed by atoms with Gasteiger partial charge >= 0.3 is 5.97 Å². The number of anilines is 1. The van der Waals surface area contributed by atoms with Crippen molar-refractivity contribution in [1.29, 1.82) is 0 Å². The van der Waals surface area contributed by atoms with Crippen LogP contribution >= 0.6 is 23.2 Å². The van der Waals surface area contributed by atoms with Gasteiger partial charge in [0.05, 0.1) is 22.9 Å². The summed E-state index contributed by atoms with van der Waals surface area (Å²) in [5.41, 5.74) is 0.449. The normalized spacial score (nSPS) is 10.2. The summed E-state index contributed by atoms with van der Waals surface area (Å²) in [4.78, 5) is 36.5. The van der Waals surface area contributed by atoms with E-state index in [1.54, 1.807) is 12.1 Å². The average Bonchev–Trinajstić information content (AvgIpc) is 3.10. The van der Waals surface area contributed by atoms with E-state index in [0.717, 1.165) is 4.90 Å². The first kappa shape index (κ1) is 18.8. The van der Waals surface area contributed by atoms with E-state index < -0.39 is 24.4 Å². The molecule has 0 saturated heterocycles. The predicted molar refractivity (Wildman–Crippen MR) is 91.7 cm³/mol. The van der Waals surface area contributed by atoms with Gasteiger partial charge in [0.25, 0.3) is 5.91 Å². The Kier molecular flexibility index (Phi) is 6.44. The van der Waals surface area contributed by atoms with Crippen molar-refractivity contribution in [2.75, 3.05) is 25.5 Å². The molecular weight excluding hydrogens is 371 g/mol. The number of benzene rings is 1. The number of esters is 1. The van der Waals surface area contributed by atoms with Crippen LogP contribution in [0.15, 0.2) is 41.0 Å². The smallest absolute Gasteiger partial charge is 0.374 e. The van der Waals surface area contributed by atoms with Crippen molar-refractivity contribution in [3.05, 3.63) is 52.4 Å². The lowest BCUT2D eigenvalue weighted by Gasteiger charge is -2.16. The molecule has 2 amide bonds. The third-order valence-corrected chi connectivity index (χ3v) is 3.80. The SMILES string of the molecule is CN(CC(=O)Nc1ccc(Cl)c(Cl)c1)C(=O)COC(=O)c1ccco1. The molecule has 9 heteroatoms. The van der Waals surface area contributed by atoms with Gasteiger partial charge in [-0.25, -0.2) is 4.79 Å². The first-order chi connectivity index (χ1) is 11.9. The Morgan fingerprint density at radius 3 is 2.60 bits per heavy atom. The number of ether oxygens (including phenoxy) is 1. The van der Waals surface area contributed by atoms with Crippen molar-refractivity contribution < 1.29 is 23.5 Å². The van der Waals surface area contributed by atoms with E-state index in [1.165, 1.54) is 31.5 Å². The molecule has 1 aromatic heterocycles. The van der Waals surface area contributed by atoms with E-state index in [-0.39, 0.29) is 12.3 Å². The van der Waals surface area contributed by atoms with Gasteiger partial charge in [-0.1, -0.05) is 23.2 Å². The molecule has 0 fully saturated rings. The highest BCUT2D eigenvalue weighted by atomic mass is 35.5. The lowest BCUT2D eigenvalue weighted by molar-refractivity contribution is -0.136. The second-order valence-corrected chi connectivity index (χ2v) is 5.79. The molecule has 0 spiro atoms. The maximum atomic E-state index is 11.9. The number of likely N-dealkylation sites (N-methyl/N-ethyl adjacent to an activating group) is 1. The highest BCUT2D eigenvalue weighted by Crippen LogP contribution is 2.24. The first-order valence-electron chi connectivity index (χ1n) is 7.06. The Balaban J connectivity index is 1.80. The minimum absolute atomic E-state index is 0.00665. The fraction of sp³-hybridized carbons (Fsp3) is 0.188. The zero-order valence-electron chi connectivity index (χ0n) is 13.1. The van der Waals surface area contributed by atoms with Gasteiger partial charge in [0.1, 0.15) is 0 Å². The number of amides is 2. The lowest BCUT2D eigenvalue weighted by atomic mass is 10.3. The van der Waals surface area contributed by atoms with E-state index >= 15 is 0 Å².